The predicted molar refractivity (Wildman–Crippen MR) is 68.2 cm³/mol. The lowest BCUT2D eigenvalue weighted by molar-refractivity contribution is -0.138. The highest BCUT2D eigenvalue weighted by Crippen LogP contribution is 2.33. The summed E-state index contributed by atoms with van der Waals surface area (Å²) >= 11 is 0. The highest BCUT2D eigenvalue weighted by Gasteiger charge is 2.43. The SMILES string of the molecule is O=C(O)C1CC1Nc1cc(N2CCOCC2)ncn1. The monoisotopic (exact) mass is 264 g/mol. The Bertz CT molecular complexity index is 476. The summed E-state index contributed by atoms with van der Waals surface area (Å²) in [6.45, 7) is 3.04. The maximum Gasteiger partial charge on any atom is 0.308 e. The molecule has 2 atom stereocenters. The van der Waals surface area contributed by atoms with Crippen molar-refractivity contribution in [2.75, 3.05) is 36.5 Å². The number of rotatable bonds is 4. The Morgan fingerprint density at radius 1 is 1.42 bits per heavy atom. The maximum atomic E-state index is 10.8. The summed E-state index contributed by atoms with van der Waals surface area (Å²) in [5, 5.41) is 12.0. The molecule has 3 rings (SSSR count). The molecule has 2 aliphatic rings. The van der Waals surface area contributed by atoms with Gasteiger partial charge in [0.05, 0.1) is 19.1 Å². The first-order valence-corrected chi connectivity index (χ1v) is 6.38. The number of ether oxygens (including phenoxy) is 1. The molecule has 2 N–H and O–H groups in total. The Labute approximate surface area is 110 Å². The van der Waals surface area contributed by atoms with Crippen LogP contribution in [0.2, 0.25) is 0 Å². The molecule has 1 aromatic heterocycles. The largest absolute Gasteiger partial charge is 0.481 e. The van der Waals surface area contributed by atoms with Crippen molar-refractivity contribution in [3.05, 3.63) is 12.4 Å². The van der Waals surface area contributed by atoms with E-state index in [1.165, 1.54) is 6.33 Å². The van der Waals surface area contributed by atoms with Crippen LogP contribution in [-0.4, -0.2) is 53.4 Å². The number of hydrogen-bond acceptors (Lipinski definition) is 6. The zero-order chi connectivity index (χ0) is 13.2. The van der Waals surface area contributed by atoms with Gasteiger partial charge in [-0.1, -0.05) is 0 Å². The Hall–Kier alpha value is -1.89. The van der Waals surface area contributed by atoms with Crippen molar-refractivity contribution in [2.45, 2.75) is 12.5 Å². The number of carboxylic acids is 1. The summed E-state index contributed by atoms with van der Waals surface area (Å²) in [6.07, 6.45) is 2.16. The highest BCUT2D eigenvalue weighted by molar-refractivity contribution is 5.75. The van der Waals surface area contributed by atoms with Gasteiger partial charge in [-0.05, 0) is 6.42 Å². The summed E-state index contributed by atoms with van der Waals surface area (Å²) in [6, 6.07) is 1.85. The topological polar surface area (TPSA) is 87.6 Å². The molecule has 0 radical (unpaired) electrons. The van der Waals surface area contributed by atoms with Gasteiger partial charge in [-0.15, -0.1) is 0 Å². The third kappa shape index (κ3) is 2.76. The Kier molecular flexibility index (Phi) is 3.20. The number of nitrogens with zero attached hydrogens (tertiary/aromatic N) is 3. The number of aliphatic carboxylic acids is 1. The molecule has 1 saturated carbocycles. The summed E-state index contributed by atoms with van der Waals surface area (Å²) in [5.74, 6) is 0.500. The van der Waals surface area contributed by atoms with E-state index in [4.69, 9.17) is 9.84 Å². The molecule has 2 fully saturated rings. The predicted octanol–water partition coefficient (Wildman–Crippen LogP) is 0.198. The Balaban J connectivity index is 1.65. The first-order valence-electron chi connectivity index (χ1n) is 6.38. The lowest BCUT2D eigenvalue weighted by Gasteiger charge is -2.27. The quantitative estimate of drug-likeness (QED) is 0.803. The van der Waals surface area contributed by atoms with E-state index in [0.717, 1.165) is 18.9 Å². The fraction of sp³-hybridized carbons (Fsp3) is 0.583. The van der Waals surface area contributed by atoms with Crippen molar-refractivity contribution in [1.82, 2.24) is 9.97 Å². The van der Waals surface area contributed by atoms with Gasteiger partial charge in [0.1, 0.15) is 18.0 Å². The highest BCUT2D eigenvalue weighted by atomic mass is 16.5. The van der Waals surface area contributed by atoms with Crippen molar-refractivity contribution in [2.24, 2.45) is 5.92 Å². The third-order valence-corrected chi connectivity index (χ3v) is 3.43. The molecule has 19 heavy (non-hydrogen) atoms. The van der Waals surface area contributed by atoms with Crippen LogP contribution in [0.1, 0.15) is 6.42 Å². The second kappa shape index (κ2) is 5.00. The van der Waals surface area contributed by atoms with Gasteiger partial charge in [0.25, 0.3) is 0 Å². The minimum absolute atomic E-state index is 0.00932. The van der Waals surface area contributed by atoms with Crippen molar-refractivity contribution < 1.29 is 14.6 Å². The summed E-state index contributed by atoms with van der Waals surface area (Å²) in [5.41, 5.74) is 0. The molecule has 0 amide bonds. The number of carboxylic acid groups (broad SMARTS) is 1. The van der Waals surface area contributed by atoms with E-state index in [1.807, 2.05) is 6.07 Å². The number of aromatic nitrogens is 2. The first-order chi connectivity index (χ1) is 9.24. The van der Waals surface area contributed by atoms with Crippen LogP contribution >= 0.6 is 0 Å². The van der Waals surface area contributed by atoms with Crippen LogP contribution in [0.4, 0.5) is 11.6 Å². The number of nitrogens with one attached hydrogen (secondary N) is 1. The molecule has 1 aliphatic heterocycles. The van der Waals surface area contributed by atoms with Gasteiger partial charge in [-0.25, -0.2) is 9.97 Å². The molecule has 0 bridgehead atoms. The lowest BCUT2D eigenvalue weighted by Crippen LogP contribution is -2.36. The third-order valence-electron chi connectivity index (χ3n) is 3.43. The molecular weight excluding hydrogens is 248 g/mol. The smallest absolute Gasteiger partial charge is 0.308 e. The number of carbonyl (C=O) groups is 1. The van der Waals surface area contributed by atoms with Crippen LogP contribution in [0.3, 0.4) is 0 Å². The van der Waals surface area contributed by atoms with E-state index in [1.54, 1.807) is 0 Å². The van der Waals surface area contributed by atoms with E-state index < -0.39 is 5.97 Å². The second-order valence-corrected chi connectivity index (χ2v) is 4.79. The van der Waals surface area contributed by atoms with Gasteiger partial charge in [0, 0.05) is 25.2 Å². The average Bonchev–Trinajstić information content (AvgIpc) is 3.20. The molecule has 102 valence electrons. The lowest BCUT2D eigenvalue weighted by atomic mass is 10.4. The normalized spacial score (nSPS) is 26.0. The fourth-order valence-electron chi connectivity index (χ4n) is 2.21. The molecule has 0 spiro atoms. The molecule has 1 aromatic rings. The van der Waals surface area contributed by atoms with Crippen molar-refractivity contribution in [1.29, 1.82) is 0 Å². The molecule has 7 heteroatoms. The first kappa shape index (κ1) is 12.2. The fourth-order valence-corrected chi connectivity index (χ4v) is 2.21. The maximum absolute atomic E-state index is 10.8. The zero-order valence-electron chi connectivity index (χ0n) is 10.5. The van der Waals surface area contributed by atoms with Crippen LogP contribution in [0, 0.1) is 5.92 Å². The van der Waals surface area contributed by atoms with E-state index >= 15 is 0 Å². The van der Waals surface area contributed by atoms with Gasteiger partial charge in [0.2, 0.25) is 0 Å². The van der Waals surface area contributed by atoms with E-state index in [0.29, 0.717) is 25.5 Å². The van der Waals surface area contributed by atoms with Gasteiger partial charge in [0.15, 0.2) is 0 Å². The van der Waals surface area contributed by atoms with Gasteiger partial charge >= 0.3 is 5.97 Å². The van der Waals surface area contributed by atoms with Crippen LogP contribution in [0.25, 0.3) is 0 Å². The van der Waals surface area contributed by atoms with Crippen LogP contribution < -0.4 is 10.2 Å². The van der Waals surface area contributed by atoms with Crippen LogP contribution in [-0.2, 0) is 9.53 Å². The molecule has 1 aliphatic carbocycles. The molecule has 7 nitrogen and oxygen atoms in total. The molecule has 1 saturated heterocycles. The summed E-state index contributed by atoms with van der Waals surface area (Å²) < 4.78 is 5.30. The molecular formula is C12H16N4O3. The average molecular weight is 264 g/mol. The Morgan fingerprint density at radius 2 is 2.21 bits per heavy atom. The summed E-state index contributed by atoms with van der Waals surface area (Å²) in [4.78, 5) is 21.3. The van der Waals surface area contributed by atoms with Crippen LogP contribution in [0.5, 0.6) is 0 Å². The summed E-state index contributed by atoms with van der Waals surface area (Å²) in [7, 11) is 0. The minimum atomic E-state index is -0.750. The minimum Gasteiger partial charge on any atom is -0.481 e. The molecule has 2 unspecified atom stereocenters. The van der Waals surface area contributed by atoms with E-state index in [9.17, 15) is 4.79 Å². The zero-order valence-corrected chi connectivity index (χ0v) is 10.5. The van der Waals surface area contributed by atoms with Gasteiger partial charge in [-0.3, -0.25) is 4.79 Å². The van der Waals surface area contributed by atoms with Gasteiger partial charge in [-0.2, -0.15) is 0 Å². The van der Waals surface area contributed by atoms with E-state index in [2.05, 4.69) is 20.2 Å². The van der Waals surface area contributed by atoms with E-state index in [-0.39, 0.29) is 12.0 Å². The van der Waals surface area contributed by atoms with Gasteiger partial charge < -0.3 is 20.1 Å². The second-order valence-electron chi connectivity index (χ2n) is 4.79. The number of hydrogen-bond donors (Lipinski definition) is 2. The Morgan fingerprint density at radius 3 is 2.89 bits per heavy atom. The number of anilines is 2. The van der Waals surface area contributed by atoms with Crippen molar-refractivity contribution in [3.8, 4) is 0 Å². The van der Waals surface area contributed by atoms with Crippen LogP contribution in [0.15, 0.2) is 12.4 Å². The van der Waals surface area contributed by atoms with Crippen molar-refractivity contribution in [3.63, 3.8) is 0 Å². The molecule has 2 heterocycles. The standard InChI is InChI=1S/C12H16N4O3/c17-12(18)8-5-9(8)15-10-6-11(14-7-13-10)16-1-3-19-4-2-16/h6-9H,1-5H2,(H,17,18)(H,13,14,15). The van der Waals surface area contributed by atoms with Crippen molar-refractivity contribution >= 4 is 17.6 Å². The number of morpholine rings is 1. The molecule has 0 aromatic carbocycles.